The number of carbonyl (C=O) groups excluding carboxylic acids is 1. The molecular weight excluding hydrogens is 284 g/mol. The average Bonchev–Trinajstić information content (AvgIpc) is 3.21. The monoisotopic (exact) mass is 298 g/mol. The average molecular weight is 299 g/mol. The lowest BCUT2D eigenvalue weighted by atomic mass is 10.1. The number of amides is 1. The fourth-order valence-corrected chi connectivity index (χ4v) is 2.20. The van der Waals surface area contributed by atoms with Gasteiger partial charge in [-0.3, -0.25) is 14.9 Å². The van der Waals surface area contributed by atoms with E-state index in [1.54, 1.807) is 0 Å². The SMILES string of the molecule is CN(CC(O)C1CC1)C(=O)c1ccc(Cl)cc1[N+](=O)[O-]. The van der Waals surface area contributed by atoms with Crippen LogP contribution in [0.2, 0.25) is 5.02 Å². The summed E-state index contributed by atoms with van der Waals surface area (Å²) >= 11 is 5.71. The van der Waals surface area contributed by atoms with Crippen molar-refractivity contribution in [2.24, 2.45) is 5.92 Å². The number of rotatable bonds is 5. The Morgan fingerprint density at radius 2 is 2.25 bits per heavy atom. The molecule has 1 saturated carbocycles. The summed E-state index contributed by atoms with van der Waals surface area (Å²) in [5.41, 5.74) is -0.347. The Kier molecular flexibility index (Phi) is 4.25. The van der Waals surface area contributed by atoms with Crippen LogP contribution in [0.25, 0.3) is 0 Å². The van der Waals surface area contributed by atoms with Crippen LogP contribution in [0.5, 0.6) is 0 Å². The third kappa shape index (κ3) is 3.26. The molecule has 0 saturated heterocycles. The molecule has 108 valence electrons. The topological polar surface area (TPSA) is 83.7 Å². The molecule has 1 aliphatic carbocycles. The fourth-order valence-electron chi connectivity index (χ4n) is 2.04. The number of likely N-dealkylation sites (N-methyl/N-ethyl adjacent to an activating group) is 1. The standard InChI is InChI=1S/C13H15ClN2O4/c1-15(7-12(17)8-2-3-8)13(18)10-5-4-9(14)6-11(10)16(19)20/h4-6,8,12,17H,2-3,7H2,1H3. The van der Waals surface area contributed by atoms with Crippen LogP contribution in [0.4, 0.5) is 5.69 Å². The quantitative estimate of drug-likeness (QED) is 0.666. The summed E-state index contributed by atoms with van der Waals surface area (Å²) in [5, 5.41) is 21.0. The Balaban J connectivity index is 2.17. The normalized spacial score (nSPS) is 15.8. The second-order valence-corrected chi connectivity index (χ2v) is 5.45. The molecule has 0 spiro atoms. The predicted octanol–water partition coefficient (Wildman–Crippen LogP) is 2.09. The zero-order valence-corrected chi connectivity index (χ0v) is 11.7. The highest BCUT2D eigenvalue weighted by Gasteiger charge is 2.32. The van der Waals surface area contributed by atoms with E-state index in [0.29, 0.717) is 0 Å². The predicted molar refractivity (Wildman–Crippen MR) is 73.8 cm³/mol. The largest absolute Gasteiger partial charge is 0.391 e. The molecule has 7 heteroatoms. The number of hydrogen-bond donors (Lipinski definition) is 1. The highest BCUT2D eigenvalue weighted by Crippen LogP contribution is 2.33. The molecule has 6 nitrogen and oxygen atoms in total. The van der Waals surface area contributed by atoms with Gasteiger partial charge in [0.2, 0.25) is 0 Å². The number of halogens is 1. The fraction of sp³-hybridized carbons (Fsp3) is 0.462. The molecule has 1 fully saturated rings. The van der Waals surface area contributed by atoms with Crippen molar-refractivity contribution in [2.45, 2.75) is 18.9 Å². The van der Waals surface area contributed by atoms with Crippen molar-refractivity contribution in [1.29, 1.82) is 0 Å². The minimum absolute atomic E-state index is 0.0232. The van der Waals surface area contributed by atoms with Crippen molar-refractivity contribution in [1.82, 2.24) is 4.90 Å². The van der Waals surface area contributed by atoms with Gasteiger partial charge in [0.25, 0.3) is 11.6 Å². The summed E-state index contributed by atoms with van der Waals surface area (Å²) in [5.74, 6) is -0.251. The maximum absolute atomic E-state index is 12.2. The minimum atomic E-state index is -0.635. The van der Waals surface area contributed by atoms with Crippen LogP contribution < -0.4 is 0 Å². The van der Waals surface area contributed by atoms with Gasteiger partial charge in [-0.1, -0.05) is 11.6 Å². The van der Waals surface area contributed by atoms with Crippen LogP contribution in [-0.4, -0.2) is 40.5 Å². The van der Waals surface area contributed by atoms with Crippen LogP contribution >= 0.6 is 11.6 Å². The van der Waals surface area contributed by atoms with Crippen molar-refractivity contribution in [3.05, 3.63) is 38.9 Å². The molecule has 1 unspecified atom stereocenters. The Labute approximate surface area is 121 Å². The second-order valence-electron chi connectivity index (χ2n) is 5.01. The number of aliphatic hydroxyl groups is 1. The van der Waals surface area contributed by atoms with Crippen LogP contribution in [0.1, 0.15) is 23.2 Å². The third-order valence-electron chi connectivity index (χ3n) is 3.36. The van der Waals surface area contributed by atoms with Gasteiger partial charge in [-0.15, -0.1) is 0 Å². The highest BCUT2D eigenvalue weighted by atomic mass is 35.5. The van der Waals surface area contributed by atoms with E-state index in [-0.39, 0.29) is 28.7 Å². The van der Waals surface area contributed by atoms with Crippen LogP contribution in [0, 0.1) is 16.0 Å². The van der Waals surface area contributed by atoms with Crippen molar-refractivity contribution in [2.75, 3.05) is 13.6 Å². The molecule has 0 aliphatic heterocycles. The summed E-state index contributed by atoms with van der Waals surface area (Å²) in [6.45, 7) is 0.170. The zero-order valence-electron chi connectivity index (χ0n) is 11.0. The minimum Gasteiger partial charge on any atom is -0.391 e. The number of carbonyl (C=O) groups is 1. The van der Waals surface area contributed by atoms with Gasteiger partial charge in [-0.05, 0) is 30.9 Å². The summed E-state index contributed by atoms with van der Waals surface area (Å²) in [6, 6.07) is 3.93. The summed E-state index contributed by atoms with van der Waals surface area (Å²) in [7, 11) is 1.52. The lowest BCUT2D eigenvalue weighted by Crippen LogP contribution is -2.35. The van der Waals surface area contributed by atoms with Gasteiger partial charge in [-0.25, -0.2) is 0 Å². The number of benzene rings is 1. The van der Waals surface area contributed by atoms with Crippen LogP contribution in [0.3, 0.4) is 0 Å². The smallest absolute Gasteiger partial charge is 0.283 e. The van der Waals surface area contributed by atoms with Crippen LogP contribution in [0.15, 0.2) is 18.2 Å². The first-order valence-corrected chi connectivity index (χ1v) is 6.65. The molecule has 1 aromatic carbocycles. The van der Waals surface area contributed by atoms with Crippen molar-refractivity contribution >= 4 is 23.2 Å². The second kappa shape index (κ2) is 5.76. The Hall–Kier alpha value is -1.66. The van der Waals surface area contributed by atoms with E-state index in [9.17, 15) is 20.0 Å². The molecule has 1 N–H and O–H groups in total. The third-order valence-corrected chi connectivity index (χ3v) is 3.60. The van der Waals surface area contributed by atoms with E-state index in [1.807, 2.05) is 0 Å². The van der Waals surface area contributed by atoms with E-state index >= 15 is 0 Å². The first kappa shape index (κ1) is 14.7. The summed E-state index contributed by atoms with van der Waals surface area (Å²) in [4.78, 5) is 23.9. The Bertz CT molecular complexity index is 545. The number of nitrogens with zero attached hydrogens (tertiary/aromatic N) is 2. The van der Waals surface area contributed by atoms with Gasteiger partial charge in [0.15, 0.2) is 0 Å². The first-order chi connectivity index (χ1) is 9.40. The summed E-state index contributed by atoms with van der Waals surface area (Å²) in [6.07, 6.45) is 1.35. The first-order valence-electron chi connectivity index (χ1n) is 6.27. The molecular formula is C13H15ClN2O4. The lowest BCUT2D eigenvalue weighted by molar-refractivity contribution is -0.385. The Morgan fingerprint density at radius 3 is 2.80 bits per heavy atom. The van der Waals surface area contributed by atoms with Gasteiger partial charge >= 0.3 is 0 Å². The van der Waals surface area contributed by atoms with E-state index in [2.05, 4.69) is 0 Å². The van der Waals surface area contributed by atoms with Crippen molar-refractivity contribution < 1.29 is 14.8 Å². The number of nitro benzene ring substituents is 1. The highest BCUT2D eigenvalue weighted by molar-refractivity contribution is 6.31. The van der Waals surface area contributed by atoms with E-state index in [1.165, 1.54) is 24.1 Å². The number of hydrogen-bond acceptors (Lipinski definition) is 4. The van der Waals surface area contributed by atoms with Gasteiger partial charge in [0.1, 0.15) is 5.56 Å². The zero-order chi connectivity index (χ0) is 14.9. The molecule has 0 aromatic heterocycles. The van der Waals surface area contributed by atoms with Gasteiger partial charge in [-0.2, -0.15) is 0 Å². The van der Waals surface area contributed by atoms with E-state index in [4.69, 9.17) is 11.6 Å². The molecule has 1 atom stereocenters. The van der Waals surface area contributed by atoms with Gasteiger partial charge < -0.3 is 10.0 Å². The van der Waals surface area contributed by atoms with E-state index in [0.717, 1.165) is 18.9 Å². The molecule has 1 aliphatic rings. The lowest BCUT2D eigenvalue weighted by Gasteiger charge is -2.20. The maximum atomic E-state index is 12.2. The Morgan fingerprint density at radius 1 is 1.60 bits per heavy atom. The molecule has 1 amide bonds. The molecule has 0 bridgehead atoms. The molecule has 0 radical (unpaired) electrons. The summed E-state index contributed by atoms with van der Waals surface area (Å²) < 4.78 is 0. The molecule has 20 heavy (non-hydrogen) atoms. The molecule has 2 rings (SSSR count). The van der Waals surface area contributed by atoms with Gasteiger partial charge in [0.05, 0.1) is 11.0 Å². The maximum Gasteiger partial charge on any atom is 0.283 e. The molecule has 0 heterocycles. The number of nitro groups is 1. The van der Waals surface area contributed by atoms with Crippen molar-refractivity contribution in [3.8, 4) is 0 Å². The van der Waals surface area contributed by atoms with E-state index < -0.39 is 16.9 Å². The number of aliphatic hydroxyl groups excluding tert-OH is 1. The van der Waals surface area contributed by atoms with Gasteiger partial charge in [0, 0.05) is 24.7 Å². The molecule has 1 aromatic rings. The van der Waals surface area contributed by atoms with Crippen LogP contribution in [-0.2, 0) is 0 Å². The van der Waals surface area contributed by atoms with Crippen molar-refractivity contribution in [3.63, 3.8) is 0 Å².